The first kappa shape index (κ1) is 23.0. The fourth-order valence-electron chi connectivity index (χ4n) is 4.36. The molecule has 1 heterocycles. The lowest BCUT2D eigenvalue weighted by Gasteiger charge is -2.39. The molecule has 2 unspecified atom stereocenters. The lowest BCUT2D eigenvalue weighted by Crippen LogP contribution is -2.37. The highest BCUT2D eigenvalue weighted by Crippen LogP contribution is 2.37. The molecule has 160 valence electrons. The maximum Gasteiger partial charge on any atom is 0.161 e. The molecule has 1 aliphatic heterocycles. The van der Waals surface area contributed by atoms with Crippen molar-refractivity contribution >= 4 is 0 Å². The molecule has 4 nitrogen and oxygen atoms in total. The van der Waals surface area contributed by atoms with Crippen LogP contribution in [0.4, 0.5) is 0 Å². The number of ether oxygens (including phenoxy) is 3. The molecule has 0 saturated carbocycles. The highest BCUT2D eigenvalue weighted by molar-refractivity contribution is 5.42. The van der Waals surface area contributed by atoms with E-state index in [1.54, 1.807) is 14.2 Å². The first-order chi connectivity index (χ1) is 13.3. The second kappa shape index (κ2) is 11.1. The Bertz CT molecular complexity index is 585. The zero-order valence-electron chi connectivity index (χ0n) is 18.8. The van der Waals surface area contributed by atoms with Crippen LogP contribution in [0.2, 0.25) is 0 Å². The maximum atomic E-state index is 5.96. The lowest BCUT2D eigenvalue weighted by molar-refractivity contribution is -0.0839. The van der Waals surface area contributed by atoms with Gasteiger partial charge in [0, 0.05) is 13.2 Å². The molecule has 1 N–H and O–H groups in total. The van der Waals surface area contributed by atoms with Crippen molar-refractivity contribution in [2.24, 2.45) is 17.8 Å². The topological polar surface area (TPSA) is 39.7 Å². The molecule has 0 aromatic heterocycles. The van der Waals surface area contributed by atoms with E-state index in [-0.39, 0.29) is 5.60 Å². The van der Waals surface area contributed by atoms with Crippen molar-refractivity contribution in [3.05, 3.63) is 23.8 Å². The molecule has 1 fully saturated rings. The van der Waals surface area contributed by atoms with Gasteiger partial charge in [-0.1, -0.05) is 26.3 Å². The predicted molar refractivity (Wildman–Crippen MR) is 116 cm³/mol. The van der Waals surface area contributed by atoms with Gasteiger partial charge < -0.3 is 19.5 Å². The van der Waals surface area contributed by atoms with Gasteiger partial charge in [0.1, 0.15) is 0 Å². The van der Waals surface area contributed by atoms with Crippen LogP contribution in [0.1, 0.15) is 65.4 Å². The molecule has 28 heavy (non-hydrogen) atoms. The van der Waals surface area contributed by atoms with Gasteiger partial charge in [0.15, 0.2) is 11.5 Å². The van der Waals surface area contributed by atoms with E-state index in [0.717, 1.165) is 48.9 Å². The van der Waals surface area contributed by atoms with Crippen molar-refractivity contribution in [3.8, 4) is 11.5 Å². The first-order valence-corrected chi connectivity index (χ1v) is 10.9. The molecule has 1 aromatic carbocycles. The number of methoxy groups -OCH3 is 2. The van der Waals surface area contributed by atoms with Crippen molar-refractivity contribution in [1.29, 1.82) is 0 Å². The quantitative estimate of drug-likeness (QED) is 0.510. The minimum absolute atomic E-state index is 0.0338. The second-order valence-corrected chi connectivity index (χ2v) is 9.25. The average Bonchev–Trinajstić information content (AvgIpc) is 2.66. The van der Waals surface area contributed by atoms with Crippen LogP contribution in [0.15, 0.2) is 18.2 Å². The molecule has 0 amide bonds. The summed E-state index contributed by atoms with van der Waals surface area (Å²) in [5.74, 6) is 3.91. The average molecular weight is 392 g/mol. The molecule has 2 rings (SSSR count). The largest absolute Gasteiger partial charge is 0.493 e. The van der Waals surface area contributed by atoms with Crippen LogP contribution >= 0.6 is 0 Å². The second-order valence-electron chi connectivity index (χ2n) is 9.25. The third-order valence-electron chi connectivity index (χ3n) is 5.99. The van der Waals surface area contributed by atoms with Crippen LogP contribution in [0.3, 0.4) is 0 Å². The van der Waals surface area contributed by atoms with Crippen LogP contribution in [-0.4, -0.2) is 33.0 Å². The zero-order chi connectivity index (χ0) is 20.6. The molecule has 0 aliphatic carbocycles. The highest BCUT2D eigenvalue weighted by atomic mass is 16.5. The number of benzene rings is 1. The molecule has 4 heteroatoms. The molecular weight excluding hydrogens is 350 g/mol. The van der Waals surface area contributed by atoms with E-state index < -0.39 is 0 Å². The number of nitrogens with one attached hydrogen (secondary N) is 1. The summed E-state index contributed by atoms with van der Waals surface area (Å²) in [4.78, 5) is 0. The fraction of sp³-hybridized carbons (Fsp3) is 0.750. The van der Waals surface area contributed by atoms with Gasteiger partial charge in [-0.3, -0.25) is 0 Å². The number of rotatable bonds is 11. The Morgan fingerprint density at radius 3 is 2.50 bits per heavy atom. The van der Waals surface area contributed by atoms with E-state index in [9.17, 15) is 0 Å². The Morgan fingerprint density at radius 1 is 1.11 bits per heavy atom. The van der Waals surface area contributed by atoms with Gasteiger partial charge in [-0.15, -0.1) is 0 Å². The normalized spacial score (nSPS) is 20.2. The molecule has 1 aliphatic rings. The molecule has 0 bridgehead atoms. The summed E-state index contributed by atoms with van der Waals surface area (Å²) in [6, 6.07) is 6.14. The van der Waals surface area contributed by atoms with E-state index in [1.807, 2.05) is 6.07 Å². The summed E-state index contributed by atoms with van der Waals surface area (Å²) in [6.45, 7) is 12.0. The molecular formula is C24H41NO3. The lowest BCUT2D eigenvalue weighted by atomic mass is 9.75. The van der Waals surface area contributed by atoms with Crippen molar-refractivity contribution < 1.29 is 14.2 Å². The van der Waals surface area contributed by atoms with Crippen LogP contribution in [0, 0.1) is 17.8 Å². The van der Waals surface area contributed by atoms with E-state index in [4.69, 9.17) is 14.2 Å². The third kappa shape index (κ3) is 7.29. The van der Waals surface area contributed by atoms with Gasteiger partial charge in [0.2, 0.25) is 0 Å². The van der Waals surface area contributed by atoms with Gasteiger partial charge in [-0.25, -0.2) is 0 Å². The molecule has 0 radical (unpaired) electrons. The Hall–Kier alpha value is -1.26. The van der Waals surface area contributed by atoms with Crippen LogP contribution in [-0.2, 0) is 11.3 Å². The van der Waals surface area contributed by atoms with Crippen LogP contribution in [0.25, 0.3) is 0 Å². The van der Waals surface area contributed by atoms with Gasteiger partial charge in [0.25, 0.3) is 0 Å². The predicted octanol–water partition coefficient (Wildman–Crippen LogP) is 5.44. The Morgan fingerprint density at radius 2 is 1.86 bits per heavy atom. The van der Waals surface area contributed by atoms with Gasteiger partial charge in [0.05, 0.1) is 19.8 Å². The SMILES string of the molecule is COc1ccc(CNCCC(CCC(C)C)C2CCOC(C)(C)C2)cc1OC. The summed E-state index contributed by atoms with van der Waals surface area (Å²) in [6.07, 6.45) is 6.28. The van der Waals surface area contributed by atoms with E-state index >= 15 is 0 Å². The van der Waals surface area contributed by atoms with Gasteiger partial charge in [-0.05, 0) is 81.5 Å². The summed E-state index contributed by atoms with van der Waals surface area (Å²) < 4.78 is 16.7. The summed E-state index contributed by atoms with van der Waals surface area (Å²) in [5.41, 5.74) is 1.26. The third-order valence-corrected chi connectivity index (χ3v) is 5.99. The maximum absolute atomic E-state index is 5.96. The van der Waals surface area contributed by atoms with Crippen molar-refractivity contribution in [2.45, 2.75) is 71.9 Å². The molecule has 0 spiro atoms. The standard InChI is InChI=1S/C24H41NO3/c1-18(2)7-9-20(21-12-14-28-24(3,4)16-21)11-13-25-17-19-8-10-22(26-5)23(15-19)27-6/h8,10,15,18,20-21,25H,7,9,11-14,16-17H2,1-6H3. The molecule has 1 aromatic rings. The molecule has 1 saturated heterocycles. The monoisotopic (exact) mass is 391 g/mol. The highest BCUT2D eigenvalue weighted by Gasteiger charge is 2.33. The van der Waals surface area contributed by atoms with Crippen molar-refractivity contribution in [1.82, 2.24) is 5.32 Å². The van der Waals surface area contributed by atoms with E-state index in [1.165, 1.54) is 37.7 Å². The minimum Gasteiger partial charge on any atom is -0.493 e. The first-order valence-electron chi connectivity index (χ1n) is 10.9. The van der Waals surface area contributed by atoms with Crippen molar-refractivity contribution in [3.63, 3.8) is 0 Å². The van der Waals surface area contributed by atoms with Crippen LogP contribution in [0.5, 0.6) is 11.5 Å². The van der Waals surface area contributed by atoms with Crippen LogP contribution < -0.4 is 14.8 Å². The Labute approximate surface area is 172 Å². The Kier molecular flexibility index (Phi) is 9.10. The summed E-state index contributed by atoms with van der Waals surface area (Å²) in [5, 5.41) is 3.64. The Balaban J connectivity index is 1.87. The zero-order valence-corrected chi connectivity index (χ0v) is 18.8. The smallest absolute Gasteiger partial charge is 0.161 e. The summed E-state index contributed by atoms with van der Waals surface area (Å²) in [7, 11) is 3.36. The summed E-state index contributed by atoms with van der Waals surface area (Å²) >= 11 is 0. The van der Waals surface area contributed by atoms with Gasteiger partial charge >= 0.3 is 0 Å². The number of hydrogen-bond acceptors (Lipinski definition) is 4. The van der Waals surface area contributed by atoms with Crippen molar-refractivity contribution in [2.75, 3.05) is 27.4 Å². The minimum atomic E-state index is 0.0338. The fourth-order valence-corrected chi connectivity index (χ4v) is 4.36. The van der Waals surface area contributed by atoms with Gasteiger partial charge in [-0.2, -0.15) is 0 Å². The number of hydrogen-bond donors (Lipinski definition) is 1. The van der Waals surface area contributed by atoms with E-state index in [2.05, 4.69) is 45.1 Å². The van der Waals surface area contributed by atoms with E-state index in [0.29, 0.717) is 0 Å². The molecule has 2 atom stereocenters.